The number of carbonyl (C=O) groups is 3. The summed E-state index contributed by atoms with van der Waals surface area (Å²) in [7, 11) is 0. The Bertz CT molecular complexity index is 1140. The number of carboxylic acids is 1. The highest BCUT2D eigenvalue weighted by molar-refractivity contribution is 6.30. The van der Waals surface area contributed by atoms with Crippen molar-refractivity contribution in [3.8, 4) is 0 Å². The highest BCUT2D eigenvalue weighted by Gasteiger charge is 2.37. The topological polar surface area (TPSA) is 99.1 Å². The molecule has 2 aromatic carbocycles. The number of carbonyl (C=O) groups excluding carboxylic acids is 2. The number of aliphatic carboxylic acids is 1. The summed E-state index contributed by atoms with van der Waals surface area (Å²) in [6.07, 6.45) is 2.37. The van der Waals surface area contributed by atoms with Gasteiger partial charge in [0.15, 0.2) is 0 Å². The first-order chi connectivity index (χ1) is 16.2. The predicted molar refractivity (Wildman–Crippen MR) is 132 cm³/mol. The maximum atomic E-state index is 12.7. The largest absolute Gasteiger partial charge is 0.478 e. The zero-order valence-corrected chi connectivity index (χ0v) is 20.2. The van der Waals surface area contributed by atoms with Crippen LogP contribution in [0.2, 0.25) is 5.02 Å². The number of carboxylic acid groups (broad SMARTS) is 1. The van der Waals surface area contributed by atoms with Gasteiger partial charge in [-0.25, -0.2) is 14.6 Å². The summed E-state index contributed by atoms with van der Waals surface area (Å²) < 4.78 is 0. The molecular formula is C26H28ClN3O4. The Kier molecular flexibility index (Phi) is 8.23. The van der Waals surface area contributed by atoms with Gasteiger partial charge >= 0.3 is 12.0 Å². The maximum absolute atomic E-state index is 12.7. The Morgan fingerprint density at radius 2 is 1.91 bits per heavy atom. The minimum Gasteiger partial charge on any atom is -0.478 e. The number of hydrogen-bond acceptors (Lipinski definition) is 3. The van der Waals surface area contributed by atoms with E-state index in [0.29, 0.717) is 23.4 Å². The molecule has 2 N–H and O–H groups in total. The molecule has 7 nitrogen and oxygen atoms in total. The third kappa shape index (κ3) is 6.11. The summed E-state index contributed by atoms with van der Waals surface area (Å²) in [6, 6.07) is 13.6. The molecule has 2 unspecified atom stereocenters. The molecule has 1 aliphatic heterocycles. The SMILES string of the molecule is CC1=C(C(=O)O)C(c2cccc(Cl)c2)N(CCC=NC(=O)C(C)Cc2ccc(C)cc2)C(=O)N1. The minimum absolute atomic E-state index is 0.0709. The fourth-order valence-electron chi connectivity index (χ4n) is 3.95. The number of benzene rings is 2. The number of amides is 3. The van der Waals surface area contributed by atoms with Crippen molar-refractivity contribution in [1.29, 1.82) is 0 Å². The third-order valence-corrected chi connectivity index (χ3v) is 5.98. The summed E-state index contributed by atoms with van der Waals surface area (Å²) >= 11 is 6.13. The van der Waals surface area contributed by atoms with E-state index in [2.05, 4.69) is 10.3 Å². The standard InChI is InChI=1S/C26H28ClN3O4/c1-16-8-10-19(11-9-16)14-17(2)24(31)28-12-5-13-30-23(20-6-4-7-21(27)15-20)22(25(32)33)18(3)29-26(30)34/h4,6-12,15,17,23H,5,13-14H2,1-3H3,(H,29,34)(H,32,33). The van der Waals surface area contributed by atoms with Crippen LogP contribution in [0.3, 0.4) is 0 Å². The van der Waals surface area contributed by atoms with Crippen LogP contribution < -0.4 is 5.32 Å². The molecule has 0 fully saturated rings. The average Bonchev–Trinajstić information content (AvgIpc) is 2.78. The number of urea groups is 1. The van der Waals surface area contributed by atoms with Crippen LogP contribution in [-0.2, 0) is 16.0 Å². The van der Waals surface area contributed by atoms with E-state index in [0.717, 1.165) is 11.1 Å². The molecule has 178 valence electrons. The lowest BCUT2D eigenvalue weighted by atomic mass is 9.93. The molecule has 8 heteroatoms. The van der Waals surface area contributed by atoms with Crippen LogP contribution in [0.5, 0.6) is 0 Å². The normalized spacial score (nSPS) is 17.1. The lowest BCUT2D eigenvalue weighted by Crippen LogP contribution is -2.48. The first kappa shape index (κ1) is 25.2. The van der Waals surface area contributed by atoms with Gasteiger partial charge in [0.1, 0.15) is 0 Å². The Hall–Kier alpha value is -3.45. The van der Waals surface area contributed by atoms with Crippen molar-refractivity contribution in [1.82, 2.24) is 10.2 Å². The van der Waals surface area contributed by atoms with Gasteiger partial charge in [-0.05, 0) is 43.5 Å². The maximum Gasteiger partial charge on any atom is 0.335 e. The highest BCUT2D eigenvalue weighted by Crippen LogP contribution is 2.34. The summed E-state index contributed by atoms with van der Waals surface area (Å²) in [5.74, 6) is -1.64. The van der Waals surface area contributed by atoms with Gasteiger partial charge < -0.3 is 15.3 Å². The molecule has 0 aromatic heterocycles. The van der Waals surface area contributed by atoms with Gasteiger partial charge in [-0.15, -0.1) is 0 Å². The second kappa shape index (κ2) is 11.1. The number of aliphatic imine (C=N–C) groups is 1. The van der Waals surface area contributed by atoms with Crippen LogP contribution in [0.4, 0.5) is 4.79 Å². The van der Waals surface area contributed by atoms with Crippen molar-refractivity contribution in [2.75, 3.05) is 6.54 Å². The number of allylic oxidation sites excluding steroid dienone is 1. The highest BCUT2D eigenvalue weighted by atomic mass is 35.5. The summed E-state index contributed by atoms with van der Waals surface area (Å²) in [5, 5.41) is 12.9. The molecule has 1 aliphatic rings. The first-order valence-electron chi connectivity index (χ1n) is 11.1. The van der Waals surface area contributed by atoms with E-state index in [1.54, 1.807) is 31.2 Å². The molecule has 3 amide bonds. The number of aryl methyl sites for hydroxylation is 1. The fraction of sp³-hybridized carbons (Fsp3) is 0.308. The van der Waals surface area contributed by atoms with Crippen molar-refractivity contribution >= 4 is 35.7 Å². The molecule has 0 bridgehead atoms. The van der Waals surface area contributed by atoms with Crippen LogP contribution in [0, 0.1) is 12.8 Å². The summed E-state index contributed by atoms with van der Waals surface area (Å²) in [6.45, 7) is 5.58. The van der Waals surface area contributed by atoms with Gasteiger partial charge in [-0.2, -0.15) is 0 Å². The first-order valence-corrected chi connectivity index (χ1v) is 11.4. The van der Waals surface area contributed by atoms with Gasteiger partial charge in [0, 0.05) is 35.8 Å². The van der Waals surface area contributed by atoms with E-state index >= 15 is 0 Å². The molecule has 0 saturated heterocycles. The number of nitrogens with one attached hydrogen (secondary N) is 1. The second-order valence-electron chi connectivity index (χ2n) is 8.45. The number of rotatable bonds is 8. The van der Waals surface area contributed by atoms with Crippen LogP contribution in [0.15, 0.2) is 64.8 Å². The number of hydrogen-bond donors (Lipinski definition) is 2. The zero-order valence-electron chi connectivity index (χ0n) is 19.4. The van der Waals surface area contributed by atoms with E-state index < -0.39 is 18.0 Å². The number of nitrogens with zero attached hydrogens (tertiary/aromatic N) is 2. The van der Waals surface area contributed by atoms with Gasteiger partial charge in [0.05, 0.1) is 11.6 Å². The molecule has 0 spiro atoms. The van der Waals surface area contributed by atoms with Crippen molar-refractivity contribution in [3.63, 3.8) is 0 Å². The van der Waals surface area contributed by atoms with Crippen molar-refractivity contribution in [2.45, 2.75) is 39.7 Å². The smallest absolute Gasteiger partial charge is 0.335 e. The lowest BCUT2D eigenvalue weighted by Gasteiger charge is -2.37. The van der Waals surface area contributed by atoms with Crippen molar-refractivity contribution < 1.29 is 19.5 Å². The van der Waals surface area contributed by atoms with E-state index in [4.69, 9.17) is 11.6 Å². The fourth-order valence-corrected chi connectivity index (χ4v) is 4.15. The van der Waals surface area contributed by atoms with Crippen LogP contribution in [-0.4, -0.2) is 40.7 Å². The van der Waals surface area contributed by atoms with E-state index in [1.807, 2.05) is 38.1 Å². The lowest BCUT2D eigenvalue weighted by molar-refractivity contribution is -0.133. The van der Waals surface area contributed by atoms with Gasteiger partial charge in [-0.1, -0.05) is 60.5 Å². The predicted octanol–water partition coefficient (Wildman–Crippen LogP) is 4.94. The molecule has 2 aromatic rings. The Labute approximate surface area is 204 Å². The molecular weight excluding hydrogens is 454 g/mol. The van der Waals surface area contributed by atoms with E-state index in [1.165, 1.54) is 11.1 Å². The third-order valence-electron chi connectivity index (χ3n) is 5.74. The summed E-state index contributed by atoms with van der Waals surface area (Å²) in [5.41, 5.74) is 3.18. The Morgan fingerprint density at radius 1 is 1.21 bits per heavy atom. The monoisotopic (exact) mass is 481 g/mol. The average molecular weight is 482 g/mol. The Balaban J connectivity index is 1.70. The molecule has 1 heterocycles. The molecule has 34 heavy (non-hydrogen) atoms. The van der Waals surface area contributed by atoms with Crippen LogP contribution in [0.25, 0.3) is 0 Å². The van der Waals surface area contributed by atoms with Crippen LogP contribution >= 0.6 is 11.6 Å². The number of halogens is 1. The second-order valence-corrected chi connectivity index (χ2v) is 8.89. The van der Waals surface area contributed by atoms with E-state index in [9.17, 15) is 19.5 Å². The molecule has 0 saturated carbocycles. The zero-order chi connectivity index (χ0) is 24.8. The molecule has 3 rings (SSSR count). The molecule has 0 aliphatic carbocycles. The minimum atomic E-state index is -1.12. The van der Waals surface area contributed by atoms with Crippen molar-refractivity contribution in [2.24, 2.45) is 10.9 Å². The van der Waals surface area contributed by atoms with Crippen molar-refractivity contribution in [3.05, 3.63) is 81.5 Å². The van der Waals surface area contributed by atoms with Gasteiger partial charge in [-0.3, -0.25) is 4.79 Å². The van der Waals surface area contributed by atoms with Gasteiger partial charge in [0.2, 0.25) is 5.91 Å². The van der Waals surface area contributed by atoms with Gasteiger partial charge in [0.25, 0.3) is 0 Å². The summed E-state index contributed by atoms with van der Waals surface area (Å²) in [4.78, 5) is 42.7. The quantitative estimate of drug-likeness (QED) is 0.521. The van der Waals surface area contributed by atoms with Crippen LogP contribution in [0.1, 0.15) is 43.0 Å². The molecule has 2 atom stereocenters. The Morgan fingerprint density at radius 3 is 2.56 bits per heavy atom. The molecule has 0 radical (unpaired) electrons. The van der Waals surface area contributed by atoms with E-state index in [-0.39, 0.29) is 29.6 Å².